The van der Waals surface area contributed by atoms with Crippen LogP contribution in [0.1, 0.15) is 0 Å². The van der Waals surface area contributed by atoms with Crippen LogP contribution < -0.4 is 16.6 Å². The number of nitrogens with two attached hydrogens (primary N) is 1. The summed E-state index contributed by atoms with van der Waals surface area (Å²) in [6.07, 6.45) is 4.69. The average Bonchev–Trinajstić information content (AvgIpc) is 2.80. The van der Waals surface area contributed by atoms with E-state index >= 15 is 0 Å². The summed E-state index contributed by atoms with van der Waals surface area (Å²) in [6.45, 7) is 1.23. The molecule has 96 valence electrons. The van der Waals surface area contributed by atoms with Crippen LogP contribution >= 0.6 is 0 Å². The Hall–Kier alpha value is -2.35. The van der Waals surface area contributed by atoms with Crippen molar-refractivity contribution < 1.29 is 4.74 Å². The van der Waals surface area contributed by atoms with Gasteiger partial charge in [-0.25, -0.2) is 4.98 Å². The minimum absolute atomic E-state index is 0.0436. The lowest BCUT2D eigenvalue weighted by Crippen LogP contribution is -2.14. The van der Waals surface area contributed by atoms with Gasteiger partial charge in [0, 0.05) is 13.3 Å². The molecule has 0 radical (unpaired) electrons. The molecule has 0 bridgehead atoms. The molecule has 0 aliphatic heterocycles. The Bertz CT molecular complexity index is 576. The summed E-state index contributed by atoms with van der Waals surface area (Å²) in [5.74, 6) is 0.310. The van der Waals surface area contributed by atoms with Crippen molar-refractivity contribution >= 4 is 17.2 Å². The summed E-state index contributed by atoms with van der Waals surface area (Å²) in [7, 11) is 1.63. The molecule has 8 heteroatoms. The number of ether oxygens (including phenoxy) is 1. The molecule has 0 spiro atoms. The zero-order valence-electron chi connectivity index (χ0n) is 9.88. The first kappa shape index (κ1) is 12.1. The third-order valence-electron chi connectivity index (χ3n) is 2.31. The SMILES string of the molecule is COCCn1cc(Nc2nc[nH]c(=O)c2N)cn1. The van der Waals surface area contributed by atoms with E-state index in [2.05, 4.69) is 20.4 Å². The highest BCUT2D eigenvalue weighted by Gasteiger charge is 2.06. The van der Waals surface area contributed by atoms with E-state index in [1.54, 1.807) is 24.2 Å². The molecule has 0 aliphatic rings. The smallest absolute Gasteiger partial charge is 0.276 e. The fourth-order valence-electron chi connectivity index (χ4n) is 1.38. The van der Waals surface area contributed by atoms with E-state index in [0.717, 1.165) is 0 Å². The van der Waals surface area contributed by atoms with Crippen molar-refractivity contribution in [3.05, 3.63) is 29.1 Å². The van der Waals surface area contributed by atoms with Crippen molar-refractivity contribution in [3.8, 4) is 0 Å². The Morgan fingerprint density at radius 3 is 3.22 bits per heavy atom. The Morgan fingerprint density at radius 1 is 1.61 bits per heavy atom. The summed E-state index contributed by atoms with van der Waals surface area (Å²) >= 11 is 0. The molecule has 2 aromatic heterocycles. The number of hydrogen-bond donors (Lipinski definition) is 3. The second kappa shape index (κ2) is 5.32. The maximum Gasteiger partial charge on any atom is 0.276 e. The van der Waals surface area contributed by atoms with Gasteiger partial charge in [-0.3, -0.25) is 9.48 Å². The lowest BCUT2D eigenvalue weighted by molar-refractivity contribution is 0.183. The second-order valence-electron chi connectivity index (χ2n) is 3.60. The number of rotatable bonds is 5. The van der Waals surface area contributed by atoms with E-state index in [-0.39, 0.29) is 11.2 Å². The van der Waals surface area contributed by atoms with Crippen molar-refractivity contribution in [2.24, 2.45) is 0 Å². The van der Waals surface area contributed by atoms with Crippen LogP contribution in [0.3, 0.4) is 0 Å². The van der Waals surface area contributed by atoms with Crippen LogP contribution in [0.4, 0.5) is 17.2 Å². The van der Waals surface area contributed by atoms with Gasteiger partial charge in [0.1, 0.15) is 5.69 Å². The van der Waals surface area contributed by atoms with E-state index in [4.69, 9.17) is 10.5 Å². The van der Waals surface area contributed by atoms with Crippen LogP contribution in [0.25, 0.3) is 0 Å². The first-order valence-electron chi connectivity index (χ1n) is 5.32. The van der Waals surface area contributed by atoms with Gasteiger partial charge in [0.05, 0.1) is 31.4 Å². The molecule has 0 atom stereocenters. The van der Waals surface area contributed by atoms with Crippen molar-refractivity contribution in [1.29, 1.82) is 0 Å². The third kappa shape index (κ3) is 2.66. The molecule has 0 unspecified atom stereocenters. The Kier molecular flexibility index (Phi) is 3.58. The van der Waals surface area contributed by atoms with Gasteiger partial charge < -0.3 is 20.8 Å². The van der Waals surface area contributed by atoms with Gasteiger partial charge in [0.25, 0.3) is 5.56 Å². The Balaban J connectivity index is 2.11. The van der Waals surface area contributed by atoms with Gasteiger partial charge in [-0.2, -0.15) is 5.10 Å². The number of nitrogens with zero attached hydrogens (tertiary/aromatic N) is 3. The molecular formula is C10H14N6O2. The second-order valence-corrected chi connectivity index (χ2v) is 3.60. The summed E-state index contributed by atoms with van der Waals surface area (Å²) < 4.78 is 6.67. The van der Waals surface area contributed by atoms with Crippen LogP contribution in [0.2, 0.25) is 0 Å². The monoisotopic (exact) mass is 250 g/mol. The van der Waals surface area contributed by atoms with Crippen molar-refractivity contribution in [1.82, 2.24) is 19.7 Å². The number of hydrogen-bond acceptors (Lipinski definition) is 6. The number of H-pyrrole nitrogens is 1. The maximum absolute atomic E-state index is 11.3. The Labute approximate surface area is 103 Å². The van der Waals surface area contributed by atoms with E-state index in [1.807, 2.05) is 0 Å². The number of aromatic nitrogens is 4. The normalized spacial score (nSPS) is 10.5. The summed E-state index contributed by atoms with van der Waals surface area (Å²) in [5.41, 5.74) is 5.97. The van der Waals surface area contributed by atoms with Crippen molar-refractivity contribution in [2.75, 3.05) is 24.8 Å². The van der Waals surface area contributed by atoms with Crippen LogP contribution in [0.15, 0.2) is 23.5 Å². The fraction of sp³-hybridized carbons (Fsp3) is 0.300. The first-order chi connectivity index (χ1) is 8.70. The molecule has 0 saturated heterocycles. The van der Waals surface area contributed by atoms with Crippen molar-refractivity contribution in [3.63, 3.8) is 0 Å². The van der Waals surface area contributed by atoms with Gasteiger partial charge in [0.15, 0.2) is 5.82 Å². The summed E-state index contributed by atoms with van der Waals surface area (Å²) in [4.78, 5) is 17.6. The number of nitrogens with one attached hydrogen (secondary N) is 2. The number of nitrogen functional groups attached to an aromatic ring is 1. The largest absolute Gasteiger partial charge is 0.391 e. The predicted molar refractivity (Wildman–Crippen MR) is 66.7 cm³/mol. The molecule has 2 aromatic rings. The molecule has 0 aliphatic carbocycles. The Morgan fingerprint density at radius 2 is 2.44 bits per heavy atom. The predicted octanol–water partition coefficient (Wildman–Crippen LogP) is -0.0614. The van der Waals surface area contributed by atoms with Crippen LogP contribution in [-0.2, 0) is 11.3 Å². The molecule has 8 nitrogen and oxygen atoms in total. The molecule has 0 amide bonds. The highest BCUT2D eigenvalue weighted by molar-refractivity contribution is 5.66. The fourth-order valence-corrected chi connectivity index (χ4v) is 1.38. The van der Waals surface area contributed by atoms with Crippen LogP contribution in [-0.4, -0.2) is 33.5 Å². The molecule has 2 rings (SSSR count). The van der Waals surface area contributed by atoms with Gasteiger partial charge >= 0.3 is 0 Å². The number of anilines is 3. The summed E-state index contributed by atoms with van der Waals surface area (Å²) in [6, 6.07) is 0. The van der Waals surface area contributed by atoms with Crippen LogP contribution in [0, 0.1) is 0 Å². The quantitative estimate of drug-likeness (QED) is 0.685. The zero-order chi connectivity index (χ0) is 13.0. The molecule has 2 heterocycles. The summed E-state index contributed by atoms with van der Waals surface area (Å²) in [5, 5.41) is 7.05. The molecule has 0 fully saturated rings. The third-order valence-corrected chi connectivity index (χ3v) is 2.31. The van der Waals surface area contributed by atoms with Gasteiger partial charge in [-0.05, 0) is 0 Å². The van der Waals surface area contributed by atoms with Gasteiger partial charge in [-0.15, -0.1) is 0 Å². The van der Waals surface area contributed by atoms with E-state index < -0.39 is 0 Å². The molecule has 4 N–H and O–H groups in total. The minimum atomic E-state index is -0.376. The zero-order valence-corrected chi connectivity index (χ0v) is 9.88. The first-order valence-corrected chi connectivity index (χ1v) is 5.32. The van der Waals surface area contributed by atoms with Gasteiger partial charge in [-0.1, -0.05) is 0 Å². The molecule has 0 saturated carbocycles. The number of methoxy groups -OCH3 is 1. The van der Waals surface area contributed by atoms with E-state index in [0.29, 0.717) is 24.7 Å². The highest BCUT2D eigenvalue weighted by atomic mass is 16.5. The van der Waals surface area contributed by atoms with Crippen molar-refractivity contribution in [2.45, 2.75) is 6.54 Å². The van der Waals surface area contributed by atoms with Gasteiger partial charge in [0.2, 0.25) is 0 Å². The molecular weight excluding hydrogens is 236 g/mol. The number of aromatic amines is 1. The highest BCUT2D eigenvalue weighted by Crippen LogP contribution is 2.15. The lowest BCUT2D eigenvalue weighted by atomic mass is 10.4. The van der Waals surface area contributed by atoms with Crippen LogP contribution in [0.5, 0.6) is 0 Å². The lowest BCUT2D eigenvalue weighted by Gasteiger charge is -2.04. The molecule has 18 heavy (non-hydrogen) atoms. The van der Waals surface area contributed by atoms with E-state index in [9.17, 15) is 4.79 Å². The minimum Gasteiger partial charge on any atom is -0.391 e. The average molecular weight is 250 g/mol. The topological polar surface area (TPSA) is 111 Å². The molecule has 0 aromatic carbocycles. The maximum atomic E-state index is 11.3. The van der Waals surface area contributed by atoms with E-state index in [1.165, 1.54) is 6.33 Å². The standard InChI is InChI=1S/C10H14N6O2/c1-18-3-2-16-5-7(4-14-16)15-9-8(11)10(17)13-6-12-9/h4-6H,2-3,11H2,1H3,(H2,12,13,15,17).